The molecule has 1 unspecified atom stereocenters. The first kappa shape index (κ1) is 11.6. The Labute approximate surface area is 111 Å². The lowest BCUT2D eigenvalue weighted by Crippen LogP contribution is -2.12. The number of benzene rings is 1. The smallest absolute Gasteiger partial charge is 0.145 e. The molecule has 1 atom stereocenters. The molecule has 2 aromatic heterocycles. The molecule has 0 spiro atoms. The minimum Gasteiger partial charge on any atom is -0.359 e. The summed E-state index contributed by atoms with van der Waals surface area (Å²) in [5.74, 6) is 1.68. The Hall–Kier alpha value is -2.43. The minimum atomic E-state index is 0.116. The summed E-state index contributed by atoms with van der Waals surface area (Å²) in [6.45, 7) is 2.11. The summed E-state index contributed by atoms with van der Waals surface area (Å²) < 4.78 is 0. The summed E-state index contributed by atoms with van der Waals surface area (Å²) in [5.41, 5.74) is 1.79. The van der Waals surface area contributed by atoms with Gasteiger partial charge in [-0.05, 0) is 18.6 Å². The highest BCUT2D eigenvalue weighted by atomic mass is 15.1. The van der Waals surface area contributed by atoms with Gasteiger partial charge in [0.25, 0.3) is 0 Å². The largest absolute Gasteiger partial charge is 0.359 e. The number of fused-ring (bicyclic) bond motifs is 1. The molecular weight excluding hydrogens is 238 g/mol. The molecule has 0 aliphatic carbocycles. The molecule has 0 saturated carbocycles. The predicted octanol–water partition coefficient (Wildman–Crippen LogP) is 2.92. The molecule has 2 N–H and O–H groups in total. The topological polar surface area (TPSA) is 66.5 Å². The molecule has 0 aliphatic rings. The van der Waals surface area contributed by atoms with Crippen LogP contribution in [0.3, 0.4) is 0 Å². The van der Waals surface area contributed by atoms with E-state index >= 15 is 0 Å². The predicted molar refractivity (Wildman–Crippen MR) is 74.8 cm³/mol. The lowest BCUT2D eigenvalue weighted by molar-refractivity contribution is 0.700. The number of nitrogens with one attached hydrogen (secondary N) is 2. The summed E-state index contributed by atoms with van der Waals surface area (Å²) in [5, 5.41) is 3.36. The van der Waals surface area contributed by atoms with E-state index in [0.29, 0.717) is 0 Å². The average Bonchev–Trinajstić information content (AvgIpc) is 2.98. The fourth-order valence-corrected chi connectivity index (χ4v) is 2.04. The van der Waals surface area contributed by atoms with Crippen molar-refractivity contribution in [3.8, 4) is 0 Å². The van der Waals surface area contributed by atoms with Crippen molar-refractivity contribution in [3.63, 3.8) is 0 Å². The Bertz CT molecular complexity index is 662. The highest BCUT2D eigenvalue weighted by Crippen LogP contribution is 2.19. The molecule has 0 saturated heterocycles. The first-order valence-electron chi connectivity index (χ1n) is 6.34. The van der Waals surface area contributed by atoms with E-state index in [1.807, 2.05) is 30.5 Å². The Balaban J connectivity index is 1.88. The van der Waals surface area contributed by atoms with Crippen LogP contribution in [0.15, 0.2) is 42.9 Å². The molecular formula is C14H15N5. The second-order valence-electron chi connectivity index (χ2n) is 4.32. The first-order valence-corrected chi connectivity index (χ1v) is 6.34. The second kappa shape index (κ2) is 5.06. The van der Waals surface area contributed by atoms with Gasteiger partial charge in [-0.15, -0.1) is 0 Å². The van der Waals surface area contributed by atoms with Crippen molar-refractivity contribution in [3.05, 3.63) is 48.7 Å². The normalized spacial score (nSPS) is 12.5. The van der Waals surface area contributed by atoms with Crippen molar-refractivity contribution < 1.29 is 0 Å². The highest BCUT2D eigenvalue weighted by Gasteiger charge is 2.12. The van der Waals surface area contributed by atoms with E-state index in [0.717, 1.165) is 29.1 Å². The zero-order valence-corrected chi connectivity index (χ0v) is 10.7. The van der Waals surface area contributed by atoms with E-state index in [1.54, 1.807) is 12.4 Å². The summed E-state index contributed by atoms with van der Waals surface area (Å²) >= 11 is 0. The summed E-state index contributed by atoms with van der Waals surface area (Å²) in [6, 6.07) is 7.95. The summed E-state index contributed by atoms with van der Waals surface area (Å²) in [6.07, 6.45) is 6.26. The van der Waals surface area contributed by atoms with Crippen LogP contribution in [0.1, 0.15) is 25.2 Å². The molecule has 0 bridgehead atoms. The number of rotatable bonds is 4. The van der Waals surface area contributed by atoms with E-state index in [9.17, 15) is 0 Å². The number of nitrogens with zero attached hydrogens (tertiary/aromatic N) is 3. The molecule has 19 heavy (non-hydrogen) atoms. The zero-order chi connectivity index (χ0) is 13.1. The van der Waals surface area contributed by atoms with E-state index in [1.165, 1.54) is 0 Å². The molecule has 3 aromatic rings. The Morgan fingerprint density at radius 2 is 2.05 bits per heavy atom. The van der Waals surface area contributed by atoms with Gasteiger partial charge in [0.2, 0.25) is 0 Å². The van der Waals surface area contributed by atoms with Gasteiger partial charge in [0.15, 0.2) is 0 Å². The van der Waals surface area contributed by atoms with E-state index in [4.69, 9.17) is 0 Å². The number of para-hydroxylation sites is 2. The zero-order valence-electron chi connectivity index (χ0n) is 10.7. The van der Waals surface area contributed by atoms with Crippen LogP contribution in [0.2, 0.25) is 0 Å². The Morgan fingerprint density at radius 3 is 2.79 bits per heavy atom. The fourth-order valence-electron chi connectivity index (χ4n) is 2.04. The number of H-pyrrole nitrogens is 1. The van der Waals surface area contributed by atoms with Gasteiger partial charge < -0.3 is 10.3 Å². The van der Waals surface area contributed by atoms with Gasteiger partial charge in [0.1, 0.15) is 11.6 Å². The molecule has 96 valence electrons. The molecule has 3 rings (SSSR count). The van der Waals surface area contributed by atoms with Crippen LogP contribution in [0.25, 0.3) is 11.0 Å². The maximum atomic E-state index is 4.56. The molecule has 2 heterocycles. The fraction of sp³-hybridized carbons (Fsp3) is 0.214. The van der Waals surface area contributed by atoms with Crippen LogP contribution in [-0.2, 0) is 0 Å². The van der Waals surface area contributed by atoms with Crippen LogP contribution in [0.4, 0.5) is 5.82 Å². The van der Waals surface area contributed by atoms with Crippen molar-refractivity contribution in [2.45, 2.75) is 19.4 Å². The number of aromatic nitrogens is 4. The van der Waals surface area contributed by atoms with Crippen LogP contribution >= 0.6 is 0 Å². The van der Waals surface area contributed by atoms with E-state index < -0.39 is 0 Å². The van der Waals surface area contributed by atoms with Crippen molar-refractivity contribution in [1.82, 2.24) is 19.9 Å². The Morgan fingerprint density at radius 1 is 1.21 bits per heavy atom. The third-order valence-corrected chi connectivity index (χ3v) is 3.03. The standard InChI is InChI=1S/C14H15N5/c1-2-10(14-15-7-8-16-14)18-13-9-17-11-5-3-4-6-12(11)19-13/h3-10H,2H2,1H3,(H,15,16)(H,18,19). The van der Waals surface area contributed by atoms with E-state index in [-0.39, 0.29) is 6.04 Å². The van der Waals surface area contributed by atoms with Crippen LogP contribution in [0.5, 0.6) is 0 Å². The van der Waals surface area contributed by atoms with Gasteiger partial charge >= 0.3 is 0 Å². The molecule has 0 aliphatic heterocycles. The quantitative estimate of drug-likeness (QED) is 0.750. The third kappa shape index (κ3) is 2.40. The maximum absolute atomic E-state index is 4.56. The summed E-state index contributed by atoms with van der Waals surface area (Å²) in [4.78, 5) is 16.4. The molecule has 0 radical (unpaired) electrons. The number of hydrogen-bond donors (Lipinski definition) is 2. The van der Waals surface area contributed by atoms with E-state index in [2.05, 4.69) is 32.2 Å². The Kier molecular flexibility index (Phi) is 3.10. The van der Waals surface area contributed by atoms with Crippen molar-refractivity contribution in [2.75, 3.05) is 5.32 Å². The molecule has 5 nitrogen and oxygen atoms in total. The summed E-state index contributed by atoms with van der Waals surface area (Å²) in [7, 11) is 0. The lowest BCUT2D eigenvalue weighted by Gasteiger charge is -2.15. The second-order valence-corrected chi connectivity index (χ2v) is 4.32. The monoisotopic (exact) mass is 253 g/mol. The number of anilines is 1. The van der Waals surface area contributed by atoms with Crippen LogP contribution in [0, 0.1) is 0 Å². The third-order valence-electron chi connectivity index (χ3n) is 3.03. The lowest BCUT2D eigenvalue weighted by atomic mass is 10.2. The molecule has 0 fully saturated rings. The minimum absolute atomic E-state index is 0.116. The van der Waals surface area contributed by atoms with Crippen LogP contribution in [-0.4, -0.2) is 19.9 Å². The maximum Gasteiger partial charge on any atom is 0.145 e. The number of hydrogen-bond acceptors (Lipinski definition) is 4. The van der Waals surface area contributed by atoms with Gasteiger partial charge in [0, 0.05) is 12.4 Å². The molecule has 1 aromatic carbocycles. The van der Waals surface area contributed by atoms with Crippen molar-refractivity contribution >= 4 is 16.9 Å². The van der Waals surface area contributed by atoms with Gasteiger partial charge in [-0.1, -0.05) is 19.1 Å². The van der Waals surface area contributed by atoms with Gasteiger partial charge in [-0.25, -0.2) is 9.97 Å². The van der Waals surface area contributed by atoms with Crippen molar-refractivity contribution in [1.29, 1.82) is 0 Å². The van der Waals surface area contributed by atoms with Crippen molar-refractivity contribution in [2.24, 2.45) is 0 Å². The van der Waals surface area contributed by atoms with Gasteiger partial charge in [0.05, 0.1) is 23.3 Å². The first-order chi connectivity index (χ1) is 9.36. The SMILES string of the molecule is CCC(Nc1cnc2ccccc2n1)c1ncc[nH]1. The average molecular weight is 253 g/mol. The molecule has 0 amide bonds. The van der Waals surface area contributed by atoms with Crippen LogP contribution < -0.4 is 5.32 Å². The number of aromatic amines is 1. The van der Waals surface area contributed by atoms with Gasteiger partial charge in [-0.3, -0.25) is 4.98 Å². The number of imidazole rings is 1. The molecule has 5 heteroatoms. The van der Waals surface area contributed by atoms with Gasteiger partial charge in [-0.2, -0.15) is 0 Å². The highest BCUT2D eigenvalue weighted by molar-refractivity contribution is 5.75.